The summed E-state index contributed by atoms with van der Waals surface area (Å²) in [6, 6.07) is 8.36. The zero-order valence-corrected chi connectivity index (χ0v) is 11.9. The standard InChI is InChI=1S/C12H14N2O3S2/c1-17-11-5-4-10(13)7-9(11)8-14-19(15,16)12-3-2-6-18-12/h2-7,14H,8,13H2,1H3. The number of nitrogens with one attached hydrogen (secondary N) is 1. The molecule has 1 aromatic heterocycles. The average molecular weight is 298 g/mol. The van der Waals surface area contributed by atoms with E-state index in [-0.39, 0.29) is 10.8 Å². The van der Waals surface area contributed by atoms with Gasteiger partial charge in [-0.1, -0.05) is 6.07 Å². The minimum Gasteiger partial charge on any atom is -0.496 e. The zero-order valence-electron chi connectivity index (χ0n) is 10.3. The quantitative estimate of drug-likeness (QED) is 0.825. The van der Waals surface area contributed by atoms with Crippen LogP contribution in [0.15, 0.2) is 39.9 Å². The van der Waals surface area contributed by atoms with Gasteiger partial charge in [-0.2, -0.15) is 0 Å². The van der Waals surface area contributed by atoms with Gasteiger partial charge in [0, 0.05) is 17.8 Å². The highest BCUT2D eigenvalue weighted by Gasteiger charge is 2.15. The molecule has 0 saturated heterocycles. The van der Waals surface area contributed by atoms with Gasteiger partial charge >= 0.3 is 0 Å². The largest absolute Gasteiger partial charge is 0.496 e. The van der Waals surface area contributed by atoms with Crippen LogP contribution in [0.25, 0.3) is 0 Å². The molecule has 7 heteroatoms. The molecule has 0 radical (unpaired) electrons. The molecular weight excluding hydrogens is 284 g/mol. The lowest BCUT2D eigenvalue weighted by Crippen LogP contribution is -2.22. The van der Waals surface area contributed by atoms with Gasteiger partial charge in [0.1, 0.15) is 9.96 Å². The molecule has 0 aliphatic rings. The van der Waals surface area contributed by atoms with E-state index in [1.807, 2.05) is 0 Å². The second kappa shape index (κ2) is 5.60. The maximum Gasteiger partial charge on any atom is 0.250 e. The summed E-state index contributed by atoms with van der Waals surface area (Å²) >= 11 is 1.17. The Kier molecular flexibility index (Phi) is 4.08. The van der Waals surface area contributed by atoms with Crippen molar-refractivity contribution >= 4 is 27.0 Å². The molecule has 5 nitrogen and oxygen atoms in total. The van der Waals surface area contributed by atoms with Crippen LogP contribution in [0.2, 0.25) is 0 Å². The van der Waals surface area contributed by atoms with Crippen molar-refractivity contribution in [2.24, 2.45) is 0 Å². The van der Waals surface area contributed by atoms with Gasteiger partial charge < -0.3 is 10.5 Å². The first-order chi connectivity index (χ1) is 9.03. The second-order valence-electron chi connectivity index (χ2n) is 3.83. The number of rotatable bonds is 5. The molecule has 2 aromatic rings. The Balaban J connectivity index is 2.17. The van der Waals surface area contributed by atoms with Crippen molar-refractivity contribution in [2.75, 3.05) is 12.8 Å². The predicted octanol–water partition coefficient (Wildman–Crippen LogP) is 1.82. The number of nitrogen functional groups attached to an aromatic ring is 1. The number of hydrogen-bond acceptors (Lipinski definition) is 5. The van der Waals surface area contributed by atoms with E-state index >= 15 is 0 Å². The lowest BCUT2D eigenvalue weighted by atomic mass is 10.2. The summed E-state index contributed by atoms with van der Waals surface area (Å²) in [6.45, 7) is 0.133. The van der Waals surface area contributed by atoms with Crippen molar-refractivity contribution in [1.29, 1.82) is 0 Å². The molecule has 102 valence electrons. The fraction of sp³-hybridized carbons (Fsp3) is 0.167. The van der Waals surface area contributed by atoms with Crippen molar-refractivity contribution in [2.45, 2.75) is 10.8 Å². The van der Waals surface area contributed by atoms with E-state index in [0.717, 1.165) is 0 Å². The first-order valence-electron chi connectivity index (χ1n) is 5.48. The molecule has 0 fully saturated rings. The van der Waals surface area contributed by atoms with Crippen LogP contribution < -0.4 is 15.2 Å². The minimum atomic E-state index is -3.48. The van der Waals surface area contributed by atoms with Crippen molar-refractivity contribution in [1.82, 2.24) is 4.72 Å². The molecule has 0 aliphatic carbocycles. The summed E-state index contributed by atoms with van der Waals surface area (Å²) in [5.41, 5.74) is 6.94. The monoisotopic (exact) mass is 298 g/mol. The third kappa shape index (κ3) is 3.25. The first kappa shape index (κ1) is 13.9. The fourth-order valence-electron chi connectivity index (χ4n) is 1.60. The minimum absolute atomic E-state index is 0.133. The van der Waals surface area contributed by atoms with Gasteiger partial charge in [-0.15, -0.1) is 11.3 Å². The lowest BCUT2D eigenvalue weighted by Gasteiger charge is -2.10. The van der Waals surface area contributed by atoms with Crippen molar-refractivity contribution < 1.29 is 13.2 Å². The number of sulfonamides is 1. The number of benzene rings is 1. The van der Waals surface area contributed by atoms with Crippen molar-refractivity contribution in [3.63, 3.8) is 0 Å². The van der Waals surface area contributed by atoms with E-state index in [1.165, 1.54) is 18.4 Å². The molecule has 1 aromatic carbocycles. The summed E-state index contributed by atoms with van der Waals surface area (Å²) < 4.78 is 31.9. The Morgan fingerprint density at radius 1 is 1.37 bits per heavy atom. The predicted molar refractivity (Wildman–Crippen MR) is 75.8 cm³/mol. The number of anilines is 1. The average Bonchev–Trinajstić information content (AvgIpc) is 2.91. The molecule has 19 heavy (non-hydrogen) atoms. The third-order valence-electron chi connectivity index (χ3n) is 2.52. The smallest absolute Gasteiger partial charge is 0.250 e. The SMILES string of the molecule is COc1ccc(N)cc1CNS(=O)(=O)c1cccs1. The van der Waals surface area contributed by atoms with Crippen LogP contribution in [0, 0.1) is 0 Å². The Hall–Kier alpha value is -1.57. The molecule has 0 spiro atoms. The first-order valence-corrected chi connectivity index (χ1v) is 7.85. The number of hydrogen-bond donors (Lipinski definition) is 2. The van der Waals surface area contributed by atoms with Crippen molar-refractivity contribution in [3.8, 4) is 5.75 Å². The normalized spacial score (nSPS) is 11.4. The van der Waals surface area contributed by atoms with Crippen molar-refractivity contribution in [3.05, 3.63) is 41.3 Å². The van der Waals surface area contributed by atoms with E-state index in [4.69, 9.17) is 10.5 Å². The van der Waals surface area contributed by atoms with Crippen LogP contribution in [-0.4, -0.2) is 15.5 Å². The van der Waals surface area contributed by atoms with Crippen LogP contribution in [0.5, 0.6) is 5.75 Å². The van der Waals surface area contributed by atoms with Gasteiger partial charge in [-0.05, 0) is 29.6 Å². The molecule has 0 atom stereocenters. The van der Waals surface area contributed by atoms with Gasteiger partial charge in [0.05, 0.1) is 7.11 Å². The Morgan fingerprint density at radius 2 is 2.16 bits per heavy atom. The molecule has 0 bridgehead atoms. The third-order valence-corrected chi connectivity index (χ3v) is 5.32. The van der Waals surface area contributed by atoms with Gasteiger partial charge in [0.15, 0.2) is 0 Å². The Labute approximate surface area is 116 Å². The number of methoxy groups -OCH3 is 1. The molecule has 0 amide bonds. The molecule has 1 heterocycles. The highest BCUT2D eigenvalue weighted by molar-refractivity contribution is 7.91. The van der Waals surface area contributed by atoms with Crippen LogP contribution >= 0.6 is 11.3 Å². The number of nitrogens with two attached hydrogens (primary N) is 1. The van der Waals surface area contributed by atoms with Gasteiger partial charge in [-0.25, -0.2) is 13.1 Å². The molecule has 3 N–H and O–H groups in total. The molecule has 2 rings (SSSR count). The van der Waals surface area contributed by atoms with Crippen LogP contribution in [0.4, 0.5) is 5.69 Å². The van der Waals surface area contributed by atoms with E-state index in [9.17, 15) is 8.42 Å². The van der Waals surface area contributed by atoms with E-state index in [1.54, 1.807) is 35.7 Å². The number of ether oxygens (including phenoxy) is 1. The number of thiophene rings is 1. The Bertz CT molecular complexity index is 652. The summed E-state index contributed by atoms with van der Waals surface area (Å²) in [5.74, 6) is 0.600. The van der Waals surface area contributed by atoms with Crippen LogP contribution in [0.1, 0.15) is 5.56 Å². The fourth-order valence-corrected chi connectivity index (χ4v) is 3.64. The van der Waals surface area contributed by atoms with Gasteiger partial charge in [0.25, 0.3) is 0 Å². The van der Waals surface area contributed by atoms with E-state index in [0.29, 0.717) is 17.0 Å². The van der Waals surface area contributed by atoms with Crippen LogP contribution in [-0.2, 0) is 16.6 Å². The molecule has 0 unspecified atom stereocenters. The van der Waals surface area contributed by atoms with Crippen LogP contribution in [0.3, 0.4) is 0 Å². The topological polar surface area (TPSA) is 81.4 Å². The summed E-state index contributed by atoms with van der Waals surface area (Å²) in [7, 11) is -1.95. The molecule has 0 aliphatic heterocycles. The van der Waals surface area contributed by atoms with E-state index in [2.05, 4.69) is 4.72 Å². The van der Waals surface area contributed by atoms with Gasteiger partial charge in [0.2, 0.25) is 10.0 Å². The Morgan fingerprint density at radius 3 is 2.79 bits per heavy atom. The molecule has 0 saturated carbocycles. The second-order valence-corrected chi connectivity index (χ2v) is 6.77. The van der Waals surface area contributed by atoms with E-state index < -0.39 is 10.0 Å². The molecular formula is C12H14N2O3S2. The summed E-state index contributed by atoms with van der Waals surface area (Å²) in [5, 5.41) is 1.72. The highest BCUT2D eigenvalue weighted by atomic mass is 32.2. The maximum atomic E-state index is 12.0. The van der Waals surface area contributed by atoms with Gasteiger partial charge in [-0.3, -0.25) is 0 Å². The zero-order chi connectivity index (χ0) is 13.9. The summed E-state index contributed by atoms with van der Waals surface area (Å²) in [6.07, 6.45) is 0. The maximum absolute atomic E-state index is 12.0. The summed E-state index contributed by atoms with van der Waals surface area (Å²) in [4.78, 5) is 0. The lowest BCUT2D eigenvalue weighted by molar-refractivity contribution is 0.409. The highest BCUT2D eigenvalue weighted by Crippen LogP contribution is 2.22.